The van der Waals surface area contributed by atoms with Gasteiger partial charge in [-0.25, -0.2) is 13.6 Å². The van der Waals surface area contributed by atoms with E-state index in [4.69, 9.17) is 9.47 Å². The molecule has 0 radical (unpaired) electrons. The molecule has 2 rings (SSSR count). The van der Waals surface area contributed by atoms with Crippen LogP contribution in [0.2, 0.25) is 0 Å². The van der Waals surface area contributed by atoms with Crippen LogP contribution in [0, 0.1) is 0 Å². The third kappa shape index (κ3) is 6.33. The molecule has 0 saturated carbocycles. The third-order valence-corrected chi connectivity index (χ3v) is 4.49. The highest BCUT2D eigenvalue weighted by atomic mass is 19.3. The van der Waals surface area contributed by atoms with Gasteiger partial charge in [0.2, 0.25) is 0 Å². The molecule has 1 aromatic rings. The van der Waals surface area contributed by atoms with Gasteiger partial charge in [-0.05, 0) is 30.9 Å². The van der Waals surface area contributed by atoms with Crippen molar-refractivity contribution < 1.29 is 23.0 Å². The highest BCUT2D eigenvalue weighted by Crippen LogP contribution is 2.24. The summed E-state index contributed by atoms with van der Waals surface area (Å²) in [5.41, 5.74) is 0.980. The van der Waals surface area contributed by atoms with Crippen LogP contribution in [0.3, 0.4) is 0 Å². The Hall–Kier alpha value is -2.09. The second-order valence-corrected chi connectivity index (χ2v) is 6.29. The van der Waals surface area contributed by atoms with Gasteiger partial charge in [0.25, 0.3) is 6.43 Å². The van der Waals surface area contributed by atoms with Crippen molar-refractivity contribution in [3.8, 4) is 11.5 Å². The SMILES string of the molecule is COc1ccc(CCNC(=O)NC2CCN(CC(F)F)CC2)c(OC)c1. The van der Waals surface area contributed by atoms with Crippen molar-refractivity contribution in [2.24, 2.45) is 0 Å². The molecule has 0 atom stereocenters. The van der Waals surface area contributed by atoms with Crippen molar-refractivity contribution in [3.05, 3.63) is 23.8 Å². The molecule has 1 aliphatic heterocycles. The van der Waals surface area contributed by atoms with E-state index in [0.29, 0.717) is 38.9 Å². The average molecular weight is 371 g/mol. The molecule has 1 heterocycles. The van der Waals surface area contributed by atoms with Gasteiger partial charge in [-0.1, -0.05) is 6.07 Å². The number of carbonyl (C=O) groups is 1. The maximum atomic E-state index is 12.4. The number of nitrogens with one attached hydrogen (secondary N) is 2. The highest BCUT2D eigenvalue weighted by Gasteiger charge is 2.22. The first-order valence-electron chi connectivity index (χ1n) is 8.77. The number of hydrogen-bond donors (Lipinski definition) is 2. The number of likely N-dealkylation sites (tertiary alicyclic amines) is 1. The number of piperidine rings is 1. The maximum Gasteiger partial charge on any atom is 0.315 e. The molecule has 8 heteroatoms. The lowest BCUT2D eigenvalue weighted by Gasteiger charge is -2.32. The van der Waals surface area contributed by atoms with Gasteiger partial charge >= 0.3 is 6.03 Å². The predicted molar refractivity (Wildman–Crippen MR) is 95.3 cm³/mol. The van der Waals surface area contributed by atoms with Gasteiger partial charge < -0.3 is 20.1 Å². The van der Waals surface area contributed by atoms with Crippen molar-refractivity contribution >= 4 is 6.03 Å². The molecule has 6 nitrogen and oxygen atoms in total. The minimum Gasteiger partial charge on any atom is -0.497 e. The normalized spacial score (nSPS) is 15.7. The molecule has 0 spiro atoms. The summed E-state index contributed by atoms with van der Waals surface area (Å²) in [4.78, 5) is 13.7. The third-order valence-electron chi connectivity index (χ3n) is 4.49. The monoisotopic (exact) mass is 371 g/mol. The quantitative estimate of drug-likeness (QED) is 0.736. The smallest absolute Gasteiger partial charge is 0.315 e. The van der Waals surface area contributed by atoms with E-state index in [1.54, 1.807) is 19.1 Å². The Balaban J connectivity index is 1.70. The number of amides is 2. The number of benzene rings is 1. The Bertz CT molecular complexity index is 579. The first kappa shape index (κ1) is 20.2. The van der Waals surface area contributed by atoms with E-state index in [1.807, 2.05) is 18.2 Å². The van der Waals surface area contributed by atoms with Crippen LogP contribution in [0.1, 0.15) is 18.4 Å². The number of methoxy groups -OCH3 is 2. The summed E-state index contributed by atoms with van der Waals surface area (Å²) in [7, 11) is 3.19. The molecular formula is C18H27F2N3O3. The van der Waals surface area contributed by atoms with Crippen LogP contribution in [0.15, 0.2) is 18.2 Å². The minimum atomic E-state index is -2.31. The lowest BCUT2D eigenvalue weighted by atomic mass is 10.1. The van der Waals surface area contributed by atoms with Gasteiger partial charge in [0.05, 0.1) is 20.8 Å². The molecule has 0 aliphatic carbocycles. The lowest BCUT2D eigenvalue weighted by molar-refractivity contribution is 0.0737. The molecule has 146 valence electrons. The Kier molecular flexibility index (Phi) is 7.90. The van der Waals surface area contributed by atoms with E-state index in [0.717, 1.165) is 17.1 Å². The number of carbonyl (C=O) groups excluding carboxylic acids is 1. The van der Waals surface area contributed by atoms with E-state index in [-0.39, 0.29) is 18.6 Å². The fourth-order valence-electron chi connectivity index (χ4n) is 3.06. The van der Waals surface area contributed by atoms with E-state index in [2.05, 4.69) is 10.6 Å². The zero-order chi connectivity index (χ0) is 18.9. The molecule has 2 amide bonds. The molecule has 0 unspecified atom stereocenters. The van der Waals surface area contributed by atoms with Gasteiger partial charge in [0.15, 0.2) is 0 Å². The van der Waals surface area contributed by atoms with Crippen LogP contribution in [-0.4, -0.2) is 63.8 Å². The van der Waals surface area contributed by atoms with Crippen LogP contribution in [-0.2, 0) is 6.42 Å². The van der Waals surface area contributed by atoms with Crippen LogP contribution >= 0.6 is 0 Å². The topological polar surface area (TPSA) is 62.8 Å². The number of alkyl halides is 2. The van der Waals surface area contributed by atoms with E-state index in [1.165, 1.54) is 0 Å². The van der Waals surface area contributed by atoms with Crippen LogP contribution in [0.5, 0.6) is 11.5 Å². The van der Waals surface area contributed by atoms with Crippen molar-refractivity contribution in [1.82, 2.24) is 15.5 Å². The number of ether oxygens (including phenoxy) is 2. The largest absolute Gasteiger partial charge is 0.497 e. The van der Waals surface area contributed by atoms with E-state index >= 15 is 0 Å². The van der Waals surface area contributed by atoms with Gasteiger partial charge in [-0.15, -0.1) is 0 Å². The summed E-state index contributed by atoms with van der Waals surface area (Å²) in [6.07, 6.45) is -0.301. The molecule has 26 heavy (non-hydrogen) atoms. The van der Waals surface area contributed by atoms with Crippen LogP contribution < -0.4 is 20.1 Å². The molecule has 0 bridgehead atoms. The summed E-state index contributed by atoms with van der Waals surface area (Å²) in [5.74, 6) is 1.44. The average Bonchev–Trinajstić information content (AvgIpc) is 2.63. The highest BCUT2D eigenvalue weighted by molar-refractivity contribution is 5.74. The van der Waals surface area contributed by atoms with E-state index < -0.39 is 6.43 Å². The number of rotatable bonds is 8. The van der Waals surface area contributed by atoms with Crippen molar-refractivity contribution in [3.63, 3.8) is 0 Å². The zero-order valence-electron chi connectivity index (χ0n) is 15.3. The molecule has 1 saturated heterocycles. The zero-order valence-corrected chi connectivity index (χ0v) is 15.3. The fraction of sp³-hybridized carbons (Fsp3) is 0.611. The molecule has 1 aromatic carbocycles. The minimum absolute atomic E-state index is 0.0273. The molecular weight excluding hydrogens is 344 g/mol. The van der Waals surface area contributed by atoms with Crippen molar-refractivity contribution in [1.29, 1.82) is 0 Å². The second-order valence-electron chi connectivity index (χ2n) is 6.29. The predicted octanol–water partition coefficient (Wildman–Crippen LogP) is 2.27. The van der Waals surface area contributed by atoms with Crippen LogP contribution in [0.25, 0.3) is 0 Å². The Labute approximate surface area is 152 Å². The molecule has 0 aromatic heterocycles. The number of hydrogen-bond acceptors (Lipinski definition) is 4. The summed E-state index contributed by atoms with van der Waals surface area (Å²) >= 11 is 0. The Morgan fingerprint density at radius 3 is 2.62 bits per heavy atom. The Morgan fingerprint density at radius 2 is 2.00 bits per heavy atom. The van der Waals surface area contributed by atoms with E-state index in [9.17, 15) is 13.6 Å². The molecule has 2 N–H and O–H groups in total. The summed E-state index contributed by atoms with van der Waals surface area (Å²) in [6, 6.07) is 5.37. The fourth-order valence-corrected chi connectivity index (χ4v) is 3.06. The van der Waals surface area contributed by atoms with Crippen LogP contribution in [0.4, 0.5) is 13.6 Å². The van der Waals surface area contributed by atoms with Crippen molar-refractivity contribution in [2.45, 2.75) is 31.7 Å². The number of halogens is 2. The summed E-state index contributed by atoms with van der Waals surface area (Å²) in [5, 5.41) is 5.74. The summed E-state index contributed by atoms with van der Waals surface area (Å²) < 4.78 is 35.2. The maximum absolute atomic E-state index is 12.4. The summed E-state index contributed by atoms with van der Waals surface area (Å²) in [6.45, 7) is 1.44. The first-order valence-corrected chi connectivity index (χ1v) is 8.77. The Morgan fingerprint density at radius 1 is 1.27 bits per heavy atom. The standard InChI is InChI=1S/C18H27F2N3O3/c1-25-15-4-3-13(16(11-15)26-2)5-8-21-18(24)22-14-6-9-23(10-7-14)12-17(19)20/h3-4,11,14,17H,5-10,12H2,1-2H3,(H2,21,22,24). The number of nitrogens with zero attached hydrogens (tertiary/aromatic N) is 1. The second kappa shape index (κ2) is 10.2. The van der Waals surface area contributed by atoms with Gasteiger partial charge in [0, 0.05) is 31.7 Å². The molecule has 1 aliphatic rings. The van der Waals surface area contributed by atoms with Gasteiger partial charge in [-0.2, -0.15) is 0 Å². The van der Waals surface area contributed by atoms with Crippen molar-refractivity contribution in [2.75, 3.05) is 40.4 Å². The lowest BCUT2D eigenvalue weighted by Crippen LogP contribution is -2.48. The van der Waals surface area contributed by atoms with Gasteiger partial charge in [-0.3, -0.25) is 4.90 Å². The first-order chi connectivity index (χ1) is 12.5. The molecule has 1 fully saturated rings. The van der Waals surface area contributed by atoms with Gasteiger partial charge in [0.1, 0.15) is 11.5 Å². The number of urea groups is 1.